The van der Waals surface area contributed by atoms with Gasteiger partial charge in [0.05, 0.1) is 6.10 Å². The second-order valence-corrected chi connectivity index (χ2v) is 5.93. The van der Waals surface area contributed by atoms with Crippen molar-refractivity contribution < 1.29 is 9.15 Å². The first kappa shape index (κ1) is 14.6. The number of fused-ring (bicyclic) bond motifs is 1. The number of para-hydroxylation sites is 1. The van der Waals surface area contributed by atoms with Crippen molar-refractivity contribution in [2.75, 3.05) is 7.11 Å². The van der Waals surface area contributed by atoms with Gasteiger partial charge in [0.1, 0.15) is 17.4 Å². The van der Waals surface area contributed by atoms with E-state index in [0.29, 0.717) is 5.92 Å². The predicted molar refractivity (Wildman–Crippen MR) is 83.7 cm³/mol. The van der Waals surface area contributed by atoms with Crippen LogP contribution in [0, 0.1) is 5.92 Å². The summed E-state index contributed by atoms with van der Waals surface area (Å²) in [5.41, 5.74) is 3.80. The van der Waals surface area contributed by atoms with Gasteiger partial charge in [-0.05, 0) is 30.9 Å². The van der Waals surface area contributed by atoms with Crippen LogP contribution in [0.3, 0.4) is 0 Å². The summed E-state index contributed by atoms with van der Waals surface area (Å²) >= 11 is 0. The first-order valence-electron chi connectivity index (χ1n) is 7.81. The molecule has 1 aliphatic carbocycles. The lowest BCUT2D eigenvalue weighted by molar-refractivity contribution is 0.00258. The van der Waals surface area contributed by atoms with Crippen molar-refractivity contribution in [2.45, 2.75) is 44.2 Å². The smallest absolute Gasteiger partial charge is 0.134 e. The van der Waals surface area contributed by atoms with Crippen LogP contribution in [0.2, 0.25) is 0 Å². The summed E-state index contributed by atoms with van der Waals surface area (Å²) in [5, 5.41) is 1.10. The van der Waals surface area contributed by atoms with Crippen LogP contribution in [-0.2, 0) is 4.74 Å². The van der Waals surface area contributed by atoms with Crippen LogP contribution in [0.4, 0.5) is 0 Å². The molecular formula is C17H24N2O2. The van der Waals surface area contributed by atoms with Gasteiger partial charge in [0.15, 0.2) is 0 Å². The third-order valence-corrected chi connectivity index (χ3v) is 4.65. The molecule has 2 unspecified atom stereocenters. The van der Waals surface area contributed by atoms with Crippen molar-refractivity contribution in [1.82, 2.24) is 5.43 Å². The molecule has 3 N–H and O–H groups in total. The van der Waals surface area contributed by atoms with E-state index in [1.807, 2.05) is 18.2 Å². The Morgan fingerprint density at radius 3 is 2.67 bits per heavy atom. The molecule has 0 spiro atoms. The number of benzene rings is 1. The Bertz CT molecular complexity index is 542. The summed E-state index contributed by atoms with van der Waals surface area (Å²) in [6.07, 6.45) is 6.35. The standard InChI is InChI=1S/C17H24N2O2/c1-20-17(12-7-3-2-4-8-12)16(19-18)15-11-13-9-5-6-10-14(13)21-15/h5-6,9-12,16-17,19H,2-4,7-8,18H2,1H3. The molecule has 2 atom stereocenters. The molecule has 1 fully saturated rings. The Morgan fingerprint density at radius 2 is 2.00 bits per heavy atom. The SMILES string of the molecule is COC(C1CCCCC1)C(NN)c1cc2ccccc2o1. The zero-order chi connectivity index (χ0) is 14.7. The lowest BCUT2D eigenvalue weighted by Crippen LogP contribution is -2.42. The molecule has 2 aromatic rings. The van der Waals surface area contributed by atoms with Crippen molar-refractivity contribution in [1.29, 1.82) is 0 Å². The Labute approximate surface area is 125 Å². The van der Waals surface area contributed by atoms with E-state index in [0.717, 1.165) is 16.7 Å². The molecule has 0 aliphatic heterocycles. The number of hydrogen-bond donors (Lipinski definition) is 2. The topological polar surface area (TPSA) is 60.4 Å². The van der Waals surface area contributed by atoms with Gasteiger partial charge in [0.2, 0.25) is 0 Å². The molecule has 1 heterocycles. The summed E-state index contributed by atoms with van der Waals surface area (Å²) in [5.74, 6) is 7.22. The molecule has 1 aliphatic rings. The number of nitrogens with one attached hydrogen (secondary N) is 1. The fourth-order valence-electron chi connectivity index (χ4n) is 3.56. The van der Waals surface area contributed by atoms with E-state index >= 15 is 0 Å². The minimum atomic E-state index is -0.106. The third-order valence-electron chi connectivity index (χ3n) is 4.65. The molecule has 1 aromatic heterocycles. The molecule has 0 amide bonds. The van der Waals surface area contributed by atoms with Crippen LogP contribution in [-0.4, -0.2) is 13.2 Å². The second kappa shape index (κ2) is 6.60. The Balaban J connectivity index is 1.87. The van der Waals surface area contributed by atoms with E-state index in [2.05, 4.69) is 17.6 Å². The number of nitrogens with two attached hydrogens (primary N) is 1. The lowest BCUT2D eigenvalue weighted by atomic mass is 9.82. The molecule has 0 radical (unpaired) electrons. The van der Waals surface area contributed by atoms with E-state index in [1.54, 1.807) is 7.11 Å². The number of ether oxygens (including phenoxy) is 1. The molecular weight excluding hydrogens is 264 g/mol. The highest BCUT2D eigenvalue weighted by Crippen LogP contribution is 2.35. The van der Waals surface area contributed by atoms with Crippen LogP contribution in [0.5, 0.6) is 0 Å². The summed E-state index contributed by atoms with van der Waals surface area (Å²) in [6, 6.07) is 9.99. The van der Waals surface area contributed by atoms with Gasteiger partial charge < -0.3 is 9.15 Å². The van der Waals surface area contributed by atoms with Crippen LogP contribution in [0.1, 0.15) is 43.9 Å². The number of rotatable bonds is 5. The van der Waals surface area contributed by atoms with E-state index in [1.165, 1.54) is 32.1 Å². The largest absolute Gasteiger partial charge is 0.459 e. The minimum Gasteiger partial charge on any atom is -0.459 e. The van der Waals surface area contributed by atoms with Crippen LogP contribution >= 0.6 is 0 Å². The normalized spacial score (nSPS) is 19.7. The fourth-order valence-corrected chi connectivity index (χ4v) is 3.56. The average molecular weight is 288 g/mol. The molecule has 4 nitrogen and oxygen atoms in total. The van der Waals surface area contributed by atoms with Gasteiger partial charge >= 0.3 is 0 Å². The predicted octanol–water partition coefficient (Wildman–Crippen LogP) is 3.53. The van der Waals surface area contributed by atoms with Gasteiger partial charge in [0.25, 0.3) is 0 Å². The Morgan fingerprint density at radius 1 is 1.24 bits per heavy atom. The highest BCUT2D eigenvalue weighted by molar-refractivity contribution is 5.77. The third kappa shape index (κ3) is 2.98. The molecule has 114 valence electrons. The monoisotopic (exact) mass is 288 g/mol. The van der Waals surface area contributed by atoms with Gasteiger partial charge in [-0.15, -0.1) is 0 Å². The molecule has 0 bridgehead atoms. The van der Waals surface area contributed by atoms with Gasteiger partial charge in [-0.2, -0.15) is 0 Å². The van der Waals surface area contributed by atoms with Crippen LogP contribution in [0.25, 0.3) is 11.0 Å². The van der Waals surface area contributed by atoms with E-state index < -0.39 is 0 Å². The van der Waals surface area contributed by atoms with Crippen molar-refractivity contribution >= 4 is 11.0 Å². The lowest BCUT2D eigenvalue weighted by Gasteiger charge is -2.33. The maximum absolute atomic E-state index is 5.97. The number of hydrazine groups is 1. The van der Waals surface area contributed by atoms with Gasteiger partial charge in [-0.25, -0.2) is 5.43 Å². The Hall–Kier alpha value is -1.36. The molecule has 21 heavy (non-hydrogen) atoms. The van der Waals surface area contributed by atoms with Gasteiger partial charge in [-0.1, -0.05) is 37.5 Å². The maximum Gasteiger partial charge on any atom is 0.134 e. The van der Waals surface area contributed by atoms with Gasteiger partial charge in [0, 0.05) is 12.5 Å². The highest BCUT2D eigenvalue weighted by Gasteiger charge is 2.33. The first-order chi connectivity index (χ1) is 10.3. The summed E-state index contributed by atoms with van der Waals surface area (Å²) in [7, 11) is 1.77. The molecule has 3 rings (SSSR count). The van der Waals surface area contributed by atoms with E-state index in [9.17, 15) is 0 Å². The zero-order valence-electron chi connectivity index (χ0n) is 12.5. The number of furan rings is 1. The summed E-state index contributed by atoms with van der Waals surface area (Å²) in [4.78, 5) is 0. The highest BCUT2D eigenvalue weighted by atomic mass is 16.5. The first-order valence-corrected chi connectivity index (χ1v) is 7.81. The van der Waals surface area contributed by atoms with Crippen molar-refractivity contribution in [3.8, 4) is 0 Å². The maximum atomic E-state index is 5.97. The Kier molecular flexibility index (Phi) is 4.58. The van der Waals surface area contributed by atoms with Crippen molar-refractivity contribution in [3.63, 3.8) is 0 Å². The van der Waals surface area contributed by atoms with Crippen molar-refractivity contribution in [3.05, 3.63) is 36.1 Å². The van der Waals surface area contributed by atoms with Crippen LogP contribution < -0.4 is 11.3 Å². The number of hydrogen-bond acceptors (Lipinski definition) is 4. The second-order valence-electron chi connectivity index (χ2n) is 5.93. The summed E-state index contributed by atoms with van der Waals surface area (Å²) < 4.78 is 11.8. The molecule has 0 saturated heterocycles. The molecule has 4 heteroatoms. The van der Waals surface area contributed by atoms with Crippen LogP contribution in [0.15, 0.2) is 34.7 Å². The molecule has 1 saturated carbocycles. The molecule has 1 aromatic carbocycles. The number of methoxy groups -OCH3 is 1. The van der Waals surface area contributed by atoms with Crippen molar-refractivity contribution in [2.24, 2.45) is 11.8 Å². The van der Waals surface area contributed by atoms with Gasteiger partial charge in [-0.3, -0.25) is 5.84 Å². The zero-order valence-corrected chi connectivity index (χ0v) is 12.5. The van der Waals surface area contributed by atoms with E-state index in [-0.39, 0.29) is 12.1 Å². The van der Waals surface area contributed by atoms with E-state index in [4.69, 9.17) is 15.0 Å². The quantitative estimate of drug-likeness (QED) is 0.652. The summed E-state index contributed by atoms with van der Waals surface area (Å²) in [6.45, 7) is 0. The fraction of sp³-hybridized carbons (Fsp3) is 0.529. The average Bonchev–Trinajstić information content (AvgIpc) is 2.96. The minimum absolute atomic E-state index is 0.0517.